The topological polar surface area (TPSA) is 83.8 Å². The first-order valence-electron chi connectivity index (χ1n) is 8.20. The van der Waals surface area contributed by atoms with Gasteiger partial charge in [-0.25, -0.2) is 0 Å². The van der Waals surface area contributed by atoms with Gasteiger partial charge in [0.25, 0.3) is 0 Å². The smallest absolute Gasteiger partial charge is 0.307 e. The SMILES string of the molecule is CCCCC1=C2C(=O)c3c(O)cccc3C=C2CC(CC(=O)O)O1. The molecule has 126 valence electrons. The van der Waals surface area contributed by atoms with Gasteiger partial charge in [-0.3, -0.25) is 9.59 Å². The first-order valence-corrected chi connectivity index (χ1v) is 8.20. The Bertz CT molecular complexity index is 757. The maximum atomic E-state index is 12.9. The third-order valence-electron chi connectivity index (χ3n) is 4.37. The minimum Gasteiger partial charge on any atom is -0.507 e. The number of carbonyl (C=O) groups excluding carboxylic acids is 1. The third kappa shape index (κ3) is 2.94. The first-order chi connectivity index (χ1) is 11.5. The van der Waals surface area contributed by atoms with Gasteiger partial charge in [-0.2, -0.15) is 0 Å². The van der Waals surface area contributed by atoms with Crippen molar-refractivity contribution in [3.8, 4) is 5.75 Å². The summed E-state index contributed by atoms with van der Waals surface area (Å²) >= 11 is 0. The quantitative estimate of drug-likeness (QED) is 0.861. The zero-order chi connectivity index (χ0) is 17.3. The van der Waals surface area contributed by atoms with Crippen LogP contribution in [-0.2, 0) is 9.53 Å². The molecule has 0 bridgehead atoms. The number of phenolic OH excluding ortho intramolecular Hbond substituents is 1. The maximum Gasteiger partial charge on any atom is 0.307 e. The molecule has 24 heavy (non-hydrogen) atoms. The van der Waals surface area contributed by atoms with Crippen LogP contribution >= 0.6 is 0 Å². The predicted octanol–water partition coefficient (Wildman–Crippen LogP) is 3.68. The van der Waals surface area contributed by atoms with E-state index in [4.69, 9.17) is 9.84 Å². The van der Waals surface area contributed by atoms with Crippen molar-refractivity contribution in [2.75, 3.05) is 0 Å². The van der Waals surface area contributed by atoms with Gasteiger partial charge in [-0.05, 0) is 29.7 Å². The highest BCUT2D eigenvalue weighted by Gasteiger charge is 2.35. The van der Waals surface area contributed by atoms with Crippen LogP contribution in [0.3, 0.4) is 0 Å². The molecule has 0 radical (unpaired) electrons. The van der Waals surface area contributed by atoms with Gasteiger partial charge in [0.15, 0.2) is 0 Å². The lowest BCUT2D eigenvalue weighted by Gasteiger charge is -2.32. The van der Waals surface area contributed by atoms with Crippen LogP contribution in [0.15, 0.2) is 35.1 Å². The summed E-state index contributed by atoms with van der Waals surface area (Å²) in [5.41, 5.74) is 2.27. The molecule has 0 spiro atoms. The summed E-state index contributed by atoms with van der Waals surface area (Å²) in [7, 11) is 0. The number of hydrogen-bond acceptors (Lipinski definition) is 4. The lowest BCUT2D eigenvalue weighted by molar-refractivity contribution is -0.139. The Balaban J connectivity index is 2.08. The Morgan fingerprint density at radius 3 is 2.88 bits per heavy atom. The van der Waals surface area contributed by atoms with Crippen LogP contribution in [-0.4, -0.2) is 28.1 Å². The van der Waals surface area contributed by atoms with Crippen molar-refractivity contribution < 1.29 is 24.5 Å². The molecule has 1 unspecified atom stereocenters. The molecular weight excluding hydrogens is 308 g/mol. The Kier molecular flexibility index (Phi) is 4.42. The van der Waals surface area contributed by atoms with Crippen LogP contribution in [0.1, 0.15) is 54.9 Å². The number of carboxylic acids is 1. The summed E-state index contributed by atoms with van der Waals surface area (Å²) in [6, 6.07) is 4.97. The summed E-state index contributed by atoms with van der Waals surface area (Å²) in [5, 5.41) is 19.1. The second-order valence-electron chi connectivity index (χ2n) is 6.18. The van der Waals surface area contributed by atoms with Crippen molar-refractivity contribution in [1.82, 2.24) is 0 Å². The number of aliphatic carboxylic acids is 1. The number of rotatable bonds is 5. The molecule has 1 aromatic carbocycles. The van der Waals surface area contributed by atoms with E-state index in [9.17, 15) is 14.7 Å². The van der Waals surface area contributed by atoms with E-state index in [1.807, 2.05) is 13.0 Å². The normalized spacial score (nSPS) is 19.3. The highest BCUT2D eigenvalue weighted by Crippen LogP contribution is 2.41. The molecule has 2 aliphatic rings. The lowest BCUT2D eigenvalue weighted by Crippen LogP contribution is -2.28. The second kappa shape index (κ2) is 6.51. The van der Waals surface area contributed by atoms with Crippen LogP contribution in [0.5, 0.6) is 5.75 Å². The molecule has 1 atom stereocenters. The Hall–Kier alpha value is -2.56. The van der Waals surface area contributed by atoms with Crippen LogP contribution in [0.4, 0.5) is 0 Å². The number of benzene rings is 1. The van der Waals surface area contributed by atoms with Crippen LogP contribution in [0.25, 0.3) is 6.08 Å². The summed E-state index contributed by atoms with van der Waals surface area (Å²) < 4.78 is 5.85. The van der Waals surface area contributed by atoms with Crippen LogP contribution in [0, 0.1) is 0 Å². The Morgan fingerprint density at radius 1 is 1.38 bits per heavy atom. The first kappa shape index (κ1) is 16.3. The number of carbonyl (C=O) groups is 2. The van der Waals surface area contributed by atoms with E-state index in [2.05, 4.69) is 0 Å². The van der Waals surface area contributed by atoms with Crippen LogP contribution in [0.2, 0.25) is 0 Å². The standard InChI is InChI=1S/C19H20O5/c1-2-3-7-15-18-12(9-13(24-15)10-16(21)22)8-11-5-4-6-14(20)17(11)19(18)23/h4-6,8,13,20H,2-3,7,9-10H2,1H3,(H,21,22). The van der Waals surface area contributed by atoms with Crippen molar-refractivity contribution in [3.63, 3.8) is 0 Å². The molecule has 1 aromatic rings. The summed E-state index contributed by atoms with van der Waals surface area (Å²) in [4.78, 5) is 24.0. The largest absolute Gasteiger partial charge is 0.507 e. The zero-order valence-corrected chi connectivity index (χ0v) is 13.5. The summed E-state index contributed by atoms with van der Waals surface area (Å²) in [6.07, 6.45) is 4.09. The van der Waals surface area contributed by atoms with E-state index in [1.165, 1.54) is 6.07 Å². The molecule has 1 aliphatic carbocycles. The highest BCUT2D eigenvalue weighted by molar-refractivity contribution is 6.18. The second-order valence-corrected chi connectivity index (χ2v) is 6.18. The van der Waals surface area contributed by atoms with Gasteiger partial charge < -0.3 is 14.9 Å². The number of ketones is 1. The molecule has 0 amide bonds. The predicted molar refractivity (Wildman–Crippen MR) is 88.7 cm³/mol. The fourth-order valence-corrected chi connectivity index (χ4v) is 3.30. The summed E-state index contributed by atoms with van der Waals surface area (Å²) in [5.74, 6) is -0.637. The number of ether oxygens (including phenoxy) is 1. The number of unbranched alkanes of at least 4 members (excludes halogenated alkanes) is 1. The van der Waals surface area contributed by atoms with E-state index in [0.717, 1.165) is 18.4 Å². The number of aromatic hydroxyl groups is 1. The van der Waals surface area contributed by atoms with Gasteiger partial charge in [0, 0.05) is 12.8 Å². The fourth-order valence-electron chi connectivity index (χ4n) is 3.30. The monoisotopic (exact) mass is 328 g/mol. The average Bonchev–Trinajstić information content (AvgIpc) is 2.51. The van der Waals surface area contributed by atoms with Gasteiger partial charge in [0.1, 0.15) is 17.6 Å². The molecule has 2 N–H and O–H groups in total. The van der Waals surface area contributed by atoms with Gasteiger partial charge in [-0.1, -0.05) is 25.5 Å². The average molecular weight is 328 g/mol. The molecule has 1 aliphatic heterocycles. The summed E-state index contributed by atoms with van der Waals surface area (Å²) in [6.45, 7) is 2.04. The van der Waals surface area contributed by atoms with Crippen molar-refractivity contribution in [3.05, 3.63) is 46.2 Å². The van der Waals surface area contributed by atoms with Crippen molar-refractivity contribution in [2.45, 2.75) is 45.1 Å². The Morgan fingerprint density at radius 2 is 2.17 bits per heavy atom. The number of fused-ring (bicyclic) bond motifs is 2. The molecule has 5 nitrogen and oxygen atoms in total. The minimum absolute atomic E-state index is 0.0391. The van der Waals surface area contributed by atoms with Crippen molar-refractivity contribution in [2.24, 2.45) is 0 Å². The maximum absolute atomic E-state index is 12.9. The Labute approximate surface area is 140 Å². The van der Waals surface area contributed by atoms with E-state index in [0.29, 0.717) is 35.3 Å². The molecule has 3 rings (SSSR count). The zero-order valence-electron chi connectivity index (χ0n) is 13.5. The van der Waals surface area contributed by atoms with E-state index in [-0.39, 0.29) is 18.0 Å². The lowest BCUT2D eigenvalue weighted by atomic mass is 9.81. The molecule has 0 aromatic heterocycles. The third-order valence-corrected chi connectivity index (χ3v) is 4.37. The van der Waals surface area contributed by atoms with Crippen molar-refractivity contribution in [1.29, 1.82) is 0 Å². The van der Waals surface area contributed by atoms with Gasteiger partial charge >= 0.3 is 5.97 Å². The van der Waals surface area contributed by atoms with E-state index in [1.54, 1.807) is 12.1 Å². The van der Waals surface area contributed by atoms with Crippen LogP contribution < -0.4 is 0 Å². The molecule has 0 saturated heterocycles. The molecule has 0 saturated carbocycles. The number of phenols is 1. The van der Waals surface area contributed by atoms with Gasteiger partial charge in [0.2, 0.25) is 5.78 Å². The number of hydrogen-bond donors (Lipinski definition) is 2. The number of allylic oxidation sites excluding steroid dienone is 2. The van der Waals surface area contributed by atoms with E-state index >= 15 is 0 Å². The van der Waals surface area contributed by atoms with Gasteiger partial charge in [0.05, 0.1) is 17.6 Å². The number of carboxylic acid groups (broad SMARTS) is 1. The van der Waals surface area contributed by atoms with Crippen molar-refractivity contribution >= 4 is 17.8 Å². The van der Waals surface area contributed by atoms with Gasteiger partial charge in [-0.15, -0.1) is 0 Å². The molecule has 0 fully saturated rings. The highest BCUT2D eigenvalue weighted by atomic mass is 16.5. The molecular formula is C19H20O5. The molecule has 5 heteroatoms. The minimum atomic E-state index is -0.918. The fraction of sp³-hybridized carbons (Fsp3) is 0.368. The molecule has 1 heterocycles. The van der Waals surface area contributed by atoms with E-state index < -0.39 is 12.1 Å². The number of Topliss-reactive ketones (excluding diaryl/α,β-unsaturated/α-hetero) is 1.